The van der Waals surface area contributed by atoms with E-state index in [0.717, 1.165) is 40.7 Å². The number of hydrogen-bond acceptors (Lipinski definition) is 4. The highest BCUT2D eigenvalue weighted by molar-refractivity contribution is 7.89. The first kappa shape index (κ1) is 20.9. The second-order valence-electron chi connectivity index (χ2n) is 7.32. The summed E-state index contributed by atoms with van der Waals surface area (Å²) in [5.74, 6) is -0.0238. The fourth-order valence-corrected chi connectivity index (χ4v) is 5.17. The molecule has 1 saturated heterocycles. The summed E-state index contributed by atoms with van der Waals surface area (Å²) in [6.07, 6.45) is 1.77. The van der Waals surface area contributed by atoms with Crippen molar-refractivity contribution in [2.75, 3.05) is 19.6 Å². The number of amides is 1. The molecule has 1 amide bonds. The van der Waals surface area contributed by atoms with Crippen LogP contribution in [-0.2, 0) is 14.8 Å². The van der Waals surface area contributed by atoms with Crippen LogP contribution in [0.1, 0.15) is 47.1 Å². The van der Waals surface area contributed by atoms with Crippen LogP contribution < -0.4 is 10.5 Å². The maximum absolute atomic E-state index is 12.8. The molecule has 1 heterocycles. The lowest BCUT2D eigenvalue weighted by Gasteiger charge is -2.30. The van der Waals surface area contributed by atoms with Crippen LogP contribution >= 0.6 is 0 Å². The van der Waals surface area contributed by atoms with Gasteiger partial charge in [0.25, 0.3) is 0 Å². The van der Waals surface area contributed by atoms with Crippen molar-refractivity contribution in [2.45, 2.75) is 64.8 Å². The summed E-state index contributed by atoms with van der Waals surface area (Å²) in [6, 6.07) is 0.163. The number of carbonyl (C=O) groups is 1. The number of sulfonamides is 1. The minimum atomic E-state index is -3.66. The Balaban J connectivity index is 2.07. The molecule has 6 nitrogen and oxygen atoms in total. The third kappa shape index (κ3) is 4.27. The maximum atomic E-state index is 12.8. The molecule has 3 N–H and O–H groups in total. The summed E-state index contributed by atoms with van der Waals surface area (Å²) in [6.45, 7) is 11.0. The molecule has 1 aromatic rings. The normalized spacial score (nSPS) is 16.2. The van der Waals surface area contributed by atoms with Crippen molar-refractivity contribution in [2.24, 2.45) is 5.73 Å². The number of piperidine rings is 1. The van der Waals surface area contributed by atoms with Crippen LogP contribution in [0.5, 0.6) is 0 Å². The van der Waals surface area contributed by atoms with Gasteiger partial charge in [0.2, 0.25) is 15.9 Å². The van der Waals surface area contributed by atoms with Crippen molar-refractivity contribution in [3.05, 3.63) is 27.8 Å². The number of nitrogens with one attached hydrogen (secondary N) is 1. The molecule has 1 aliphatic rings. The Morgan fingerprint density at radius 3 is 1.96 bits per heavy atom. The van der Waals surface area contributed by atoms with Crippen LogP contribution in [0, 0.1) is 34.6 Å². The number of likely N-dealkylation sites (tertiary alicyclic amines) is 1. The average molecular weight is 382 g/mol. The molecule has 0 spiro atoms. The number of nitrogens with zero attached hydrogens (tertiary/aromatic N) is 1. The lowest BCUT2D eigenvalue weighted by atomic mass is 9.95. The summed E-state index contributed by atoms with van der Waals surface area (Å²) in [7, 11) is -3.66. The highest BCUT2D eigenvalue weighted by Crippen LogP contribution is 2.29. The Morgan fingerprint density at radius 1 is 1.00 bits per heavy atom. The second kappa shape index (κ2) is 8.06. The standard InChI is InChI=1S/C19H31N3O3S/c1-12-13(2)15(4)19(16(5)14(12)3)26(24,25)21-9-6-18(23)22-10-7-17(20)8-11-22/h17,21H,6-11,20H2,1-5H3. The van der Waals surface area contributed by atoms with Crippen LogP contribution in [0.15, 0.2) is 4.90 Å². The molecule has 146 valence electrons. The fourth-order valence-electron chi connectivity index (χ4n) is 3.54. The zero-order chi connectivity index (χ0) is 19.6. The third-order valence-electron chi connectivity index (χ3n) is 5.72. The van der Waals surface area contributed by atoms with Crippen molar-refractivity contribution < 1.29 is 13.2 Å². The van der Waals surface area contributed by atoms with Gasteiger partial charge in [-0.15, -0.1) is 0 Å². The minimum Gasteiger partial charge on any atom is -0.343 e. The van der Waals surface area contributed by atoms with Crippen molar-refractivity contribution in [3.8, 4) is 0 Å². The monoisotopic (exact) mass is 381 g/mol. The van der Waals surface area contributed by atoms with Gasteiger partial charge < -0.3 is 10.6 Å². The molecule has 26 heavy (non-hydrogen) atoms. The van der Waals surface area contributed by atoms with Gasteiger partial charge in [-0.25, -0.2) is 13.1 Å². The minimum absolute atomic E-state index is 0.0238. The number of rotatable bonds is 5. The topological polar surface area (TPSA) is 92.5 Å². The SMILES string of the molecule is Cc1c(C)c(C)c(S(=O)(=O)NCCC(=O)N2CCC(N)CC2)c(C)c1C. The van der Waals surface area contributed by atoms with Gasteiger partial charge in [-0.05, 0) is 75.3 Å². The zero-order valence-electron chi connectivity index (χ0n) is 16.5. The molecular weight excluding hydrogens is 350 g/mol. The average Bonchev–Trinajstić information content (AvgIpc) is 2.58. The van der Waals surface area contributed by atoms with E-state index in [1.807, 2.05) is 34.6 Å². The molecule has 0 aromatic heterocycles. The predicted octanol–water partition coefficient (Wildman–Crippen LogP) is 1.85. The van der Waals surface area contributed by atoms with Crippen LogP contribution in [0.25, 0.3) is 0 Å². The van der Waals surface area contributed by atoms with E-state index in [1.54, 1.807) is 4.90 Å². The Kier molecular flexibility index (Phi) is 6.47. The van der Waals surface area contributed by atoms with Gasteiger partial charge in [-0.2, -0.15) is 0 Å². The van der Waals surface area contributed by atoms with Gasteiger partial charge in [0.1, 0.15) is 0 Å². The van der Waals surface area contributed by atoms with Crippen molar-refractivity contribution in [1.29, 1.82) is 0 Å². The predicted molar refractivity (Wildman–Crippen MR) is 104 cm³/mol. The molecule has 0 aliphatic carbocycles. The number of benzene rings is 1. The van der Waals surface area contributed by atoms with Gasteiger partial charge in [0.05, 0.1) is 4.90 Å². The van der Waals surface area contributed by atoms with Gasteiger partial charge in [0.15, 0.2) is 0 Å². The molecule has 7 heteroatoms. The van der Waals surface area contributed by atoms with E-state index in [-0.39, 0.29) is 24.9 Å². The molecule has 0 unspecified atom stereocenters. The smallest absolute Gasteiger partial charge is 0.241 e. The van der Waals surface area contributed by atoms with Crippen molar-refractivity contribution >= 4 is 15.9 Å². The molecule has 0 saturated carbocycles. The van der Waals surface area contributed by atoms with E-state index in [9.17, 15) is 13.2 Å². The Bertz CT molecular complexity index is 766. The Hall–Kier alpha value is -1.44. The van der Waals surface area contributed by atoms with Gasteiger partial charge in [-0.3, -0.25) is 4.79 Å². The fraction of sp³-hybridized carbons (Fsp3) is 0.632. The van der Waals surface area contributed by atoms with E-state index in [2.05, 4.69) is 4.72 Å². The first-order valence-electron chi connectivity index (χ1n) is 9.16. The molecule has 1 aromatic carbocycles. The highest BCUT2D eigenvalue weighted by atomic mass is 32.2. The van der Waals surface area contributed by atoms with Crippen LogP contribution in [-0.4, -0.2) is 44.9 Å². The first-order chi connectivity index (χ1) is 12.1. The Labute approximate surface area is 157 Å². The van der Waals surface area contributed by atoms with E-state index in [0.29, 0.717) is 18.0 Å². The number of nitrogens with two attached hydrogens (primary N) is 1. The maximum Gasteiger partial charge on any atom is 0.241 e. The van der Waals surface area contributed by atoms with E-state index in [1.165, 1.54) is 0 Å². The van der Waals surface area contributed by atoms with Gasteiger partial charge >= 0.3 is 0 Å². The summed E-state index contributed by atoms with van der Waals surface area (Å²) in [5, 5.41) is 0. The number of hydrogen-bond donors (Lipinski definition) is 2. The number of carbonyl (C=O) groups excluding carboxylic acids is 1. The summed E-state index contributed by atoms with van der Waals surface area (Å²) in [4.78, 5) is 14.4. The van der Waals surface area contributed by atoms with Crippen LogP contribution in [0.4, 0.5) is 0 Å². The van der Waals surface area contributed by atoms with E-state index in [4.69, 9.17) is 5.73 Å². The summed E-state index contributed by atoms with van der Waals surface area (Å²) < 4.78 is 28.3. The highest BCUT2D eigenvalue weighted by Gasteiger charge is 2.25. The molecule has 1 fully saturated rings. The van der Waals surface area contributed by atoms with Gasteiger partial charge in [0, 0.05) is 32.1 Å². The van der Waals surface area contributed by atoms with E-state index < -0.39 is 10.0 Å². The molecule has 2 rings (SSSR count). The lowest BCUT2D eigenvalue weighted by Crippen LogP contribution is -2.43. The summed E-state index contributed by atoms with van der Waals surface area (Å²) in [5.41, 5.74) is 10.5. The largest absolute Gasteiger partial charge is 0.343 e. The second-order valence-corrected chi connectivity index (χ2v) is 9.02. The van der Waals surface area contributed by atoms with Crippen LogP contribution in [0.2, 0.25) is 0 Å². The van der Waals surface area contributed by atoms with Crippen molar-refractivity contribution in [1.82, 2.24) is 9.62 Å². The first-order valence-corrected chi connectivity index (χ1v) is 10.6. The van der Waals surface area contributed by atoms with Gasteiger partial charge in [-0.1, -0.05) is 0 Å². The molecule has 1 aliphatic heterocycles. The van der Waals surface area contributed by atoms with Crippen LogP contribution in [0.3, 0.4) is 0 Å². The molecule has 0 radical (unpaired) electrons. The van der Waals surface area contributed by atoms with Crippen molar-refractivity contribution in [3.63, 3.8) is 0 Å². The molecular formula is C19H31N3O3S. The lowest BCUT2D eigenvalue weighted by molar-refractivity contribution is -0.132. The quantitative estimate of drug-likeness (QED) is 0.814. The zero-order valence-corrected chi connectivity index (χ0v) is 17.3. The summed E-state index contributed by atoms with van der Waals surface area (Å²) >= 11 is 0. The molecule has 0 bridgehead atoms. The Morgan fingerprint density at radius 2 is 1.46 bits per heavy atom. The molecule has 0 atom stereocenters. The van der Waals surface area contributed by atoms with E-state index >= 15 is 0 Å². The third-order valence-corrected chi connectivity index (χ3v) is 7.46.